The van der Waals surface area contributed by atoms with E-state index in [9.17, 15) is 14.4 Å². The largest absolute Gasteiger partial charge is 0.493 e. The number of ether oxygens (including phenoxy) is 4. The lowest BCUT2D eigenvalue weighted by atomic mass is 10.00. The van der Waals surface area contributed by atoms with Crippen LogP contribution in [0.25, 0.3) is 0 Å². The smallest absolute Gasteiger partial charge is 0.421 e. The molecule has 3 aliphatic rings. The molecule has 0 bridgehead atoms. The lowest BCUT2D eigenvalue weighted by Gasteiger charge is -2.40. The standard InChI is InChI=1S/C25H26N2O7/c1-31-20-9-4-5-10-21(20)32-18-15-26(16-18)14-11-17-7-2-3-8-19(17)27-13-6-12-25(24(27)30)33-22(28)23(29)34-25/h2-5,7-10,18H,6,11-16H2,1H3. The number of piperidine rings is 1. The predicted octanol–water partition coefficient (Wildman–Crippen LogP) is 1.92. The Bertz CT molecular complexity index is 1100. The normalized spacial score (nSPS) is 20.1. The molecule has 3 heterocycles. The SMILES string of the molecule is COc1ccccc1OC1CN(CCc2ccccc2N2CCCC3(OC(=O)C(=O)O3)C2=O)C1. The van der Waals surface area contributed by atoms with Crippen LogP contribution in [0.1, 0.15) is 18.4 Å². The Kier molecular flexibility index (Phi) is 5.87. The first-order chi connectivity index (χ1) is 16.5. The number of methoxy groups -OCH3 is 1. The quantitative estimate of drug-likeness (QED) is 0.451. The molecule has 3 fully saturated rings. The second-order valence-corrected chi connectivity index (χ2v) is 8.62. The van der Waals surface area contributed by atoms with E-state index < -0.39 is 23.6 Å². The minimum atomic E-state index is -1.83. The van der Waals surface area contributed by atoms with Gasteiger partial charge < -0.3 is 23.8 Å². The molecule has 2 aromatic rings. The zero-order valence-electron chi connectivity index (χ0n) is 18.9. The van der Waals surface area contributed by atoms with E-state index in [0.717, 1.165) is 48.8 Å². The molecule has 0 aromatic heterocycles. The fraction of sp³-hybridized carbons (Fsp3) is 0.400. The van der Waals surface area contributed by atoms with Crippen LogP contribution < -0.4 is 14.4 Å². The summed E-state index contributed by atoms with van der Waals surface area (Å²) in [4.78, 5) is 40.3. The Morgan fingerprint density at radius 1 is 0.971 bits per heavy atom. The maximum Gasteiger partial charge on any atom is 0.421 e. The second-order valence-electron chi connectivity index (χ2n) is 8.62. The Hall–Kier alpha value is -3.59. The molecule has 2 aromatic carbocycles. The lowest BCUT2D eigenvalue weighted by Crippen LogP contribution is -2.55. The van der Waals surface area contributed by atoms with Gasteiger partial charge in [-0.2, -0.15) is 0 Å². The summed E-state index contributed by atoms with van der Waals surface area (Å²) in [5, 5.41) is 0. The van der Waals surface area contributed by atoms with Crippen LogP contribution in [-0.2, 0) is 30.3 Å². The molecule has 3 saturated heterocycles. The number of rotatable bonds is 7. The van der Waals surface area contributed by atoms with Gasteiger partial charge in [0.05, 0.1) is 7.11 Å². The summed E-state index contributed by atoms with van der Waals surface area (Å²) < 4.78 is 21.6. The van der Waals surface area contributed by atoms with Crippen LogP contribution in [0, 0.1) is 0 Å². The number of para-hydroxylation sites is 3. The maximum atomic E-state index is 13.2. The Balaban J connectivity index is 1.21. The molecule has 0 unspecified atom stereocenters. The molecular formula is C25H26N2O7. The van der Waals surface area contributed by atoms with E-state index in [4.69, 9.17) is 18.9 Å². The molecule has 0 atom stereocenters. The number of likely N-dealkylation sites (tertiary alicyclic amines) is 1. The molecular weight excluding hydrogens is 440 g/mol. The molecule has 0 aliphatic carbocycles. The topological polar surface area (TPSA) is 94.6 Å². The Morgan fingerprint density at radius 3 is 2.38 bits per heavy atom. The number of amides is 1. The molecule has 9 heteroatoms. The number of carbonyl (C=O) groups is 3. The predicted molar refractivity (Wildman–Crippen MR) is 120 cm³/mol. The highest BCUT2D eigenvalue weighted by molar-refractivity contribution is 6.32. The van der Waals surface area contributed by atoms with Gasteiger partial charge in [-0.3, -0.25) is 9.69 Å². The van der Waals surface area contributed by atoms with E-state index in [1.54, 1.807) is 12.0 Å². The van der Waals surface area contributed by atoms with Crippen molar-refractivity contribution in [3.8, 4) is 11.5 Å². The maximum absolute atomic E-state index is 13.2. The summed E-state index contributed by atoms with van der Waals surface area (Å²) in [6.45, 7) is 2.88. The van der Waals surface area contributed by atoms with Crippen molar-refractivity contribution in [3.05, 3.63) is 54.1 Å². The van der Waals surface area contributed by atoms with Crippen LogP contribution >= 0.6 is 0 Å². The van der Waals surface area contributed by atoms with E-state index in [1.807, 2.05) is 48.5 Å². The van der Waals surface area contributed by atoms with Gasteiger partial charge in [-0.1, -0.05) is 30.3 Å². The molecule has 178 valence electrons. The van der Waals surface area contributed by atoms with Gasteiger partial charge in [-0.25, -0.2) is 9.59 Å². The molecule has 0 radical (unpaired) electrons. The summed E-state index contributed by atoms with van der Waals surface area (Å²) in [6.07, 6.45) is 1.55. The van der Waals surface area contributed by atoms with Crippen molar-refractivity contribution in [2.24, 2.45) is 0 Å². The first-order valence-electron chi connectivity index (χ1n) is 11.4. The van der Waals surface area contributed by atoms with E-state index in [1.165, 1.54) is 0 Å². The van der Waals surface area contributed by atoms with Crippen molar-refractivity contribution in [2.75, 3.05) is 38.2 Å². The highest BCUT2D eigenvalue weighted by atomic mass is 16.8. The van der Waals surface area contributed by atoms with Crippen LogP contribution in [0.2, 0.25) is 0 Å². The third kappa shape index (κ3) is 4.07. The van der Waals surface area contributed by atoms with E-state index in [0.29, 0.717) is 13.0 Å². The summed E-state index contributed by atoms with van der Waals surface area (Å²) in [5.41, 5.74) is 1.74. The van der Waals surface area contributed by atoms with Gasteiger partial charge in [0, 0.05) is 38.3 Å². The molecule has 3 aliphatic heterocycles. The molecule has 1 amide bonds. The highest BCUT2D eigenvalue weighted by Gasteiger charge is 2.58. The Morgan fingerprint density at radius 2 is 1.65 bits per heavy atom. The monoisotopic (exact) mass is 466 g/mol. The number of nitrogens with zero attached hydrogens (tertiary/aromatic N) is 2. The zero-order chi connectivity index (χ0) is 23.7. The minimum Gasteiger partial charge on any atom is -0.493 e. The molecule has 5 rings (SSSR count). The van der Waals surface area contributed by atoms with Gasteiger partial charge in [0.15, 0.2) is 11.5 Å². The molecule has 34 heavy (non-hydrogen) atoms. The van der Waals surface area contributed by atoms with Crippen LogP contribution in [0.3, 0.4) is 0 Å². The number of benzene rings is 2. The van der Waals surface area contributed by atoms with Crippen LogP contribution in [0.4, 0.5) is 5.69 Å². The average Bonchev–Trinajstić information content (AvgIpc) is 3.11. The zero-order valence-corrected chi connectivity index (χ0v) is 18.9. The van der Waals surface area contributed by atoms with Gasteiger partial charge in [0.1, 0.15) is 6.10 Å². The van der Waals surface area contributed by atoms with Gasteiger partial charge >= 0.3 is 23.6 Å². The lowest BCUT2D eigenvalue weighted by molar-refractivity contribution is -0.192. The van der Waals surface area contributed by atoms with Gasteiger partial charge in [0.2, 0.25) is 0 Å². The fourth-order valence-corrected chi connectivity index (χ4v) is 4.65. The number of hydrogen-bond donors (Lipinski definition) is 0. The van der Waals surface area contributed by atoms with Crippen molar-refractivity contribution in [1.82, 2.24) is 4.90 Å². The summed E-state index contributed by atoms with van der Waals surface area (Å²) in [5.74, 6) is -3.12. The first kappa shape index (κ1) is 22.2. The van der Waals surface area contributed by atoms with E-state index in [-0.39, 0.29) is 12.5 Å². The van der Waals surface area contributed by atoms with Crippen molar-refractivity contribution in [2.45, 2.75) is 31.2 Å². The Labute approximate surface area is 197 Å². The molecule has 0 N–H and O–H groups in total. The van der Waals surface area contributed by atoms with Gasteiger partial charge in [-0.15, -0.1) is 0 Å². The molecule has 0 saturated carbocycles. The fourth-order valence-electron chi connectivity index (χ4n) is 4.65. The van der Waals surface area contributed by atoms with Crippen LogP contribution in [0.15, 0.2) is 48.5 Å². The van der Waals surface area contributed by atoms with Crippen molar-refractivity contribution < 1.29 is 33.3 Å². The first-order valence-corrected chi connectivity index (χ1v) is 11.4. The van der Waals surface area contributed by atoms with Crippen LogP contribution in [0.5, 0.6) is 11.5 Å². The van der Waals surface area contributed by atoms with E-state index in [2.05, 4.69) is 4.90 Å². The average molecular weight is 466 g/mol. The molecule has 9 nitrogen and oxygen atoms in total. The van der Waals surface area contributed by atoms with Gasteiger partial charge in [-0.05, 0) is 36.6 Å². The number of esters is 2. The summed E-state index contributed by atoms with van der Waals surface area (Å²) in [7, 11) is 1.63. The van der Waals surface area contributed by atoms with Crippen LogP contribution in [-0.4, -0.2) is 67.9 Å². The van der Waals surface area contributed by atoms with Crippen molar-refractivity contribution in [3.63, 3.8) is 0 Å². The number of carbonyl (C=O) groups excluding carboxylic acids is 3. The molecule has 1 spiro atoms. The van der Waals surface area contributed by atoms with E-state index >= 15 is 0 Å². The van der Waals surface area contributed by atoms with Crippen molar-refractivity contribution >= 4 is 23.5 Å². The number of anilines is 1. The summed E-state index contributed by atoms with van der Waals surface area (Å²) >= 11 is 0. The van der Waals surface area contributed by atoms with Crippen molar-refractivity contribution in [1.29, 1.82) is 0 Å². The highest BCUT2D eigenvalue weighted by Crippen LogP contribution is 2.36. The minimum absolute atomic E-state index is 0.0989. The van der Waals surface area contributed by atoms with Gasteiger partial charge in [0.25, 0.3) is 0 Å². The third-order valence-corrected chi connectivity index (χ3v) is 6.41. The second kappa shape index (κ2) is 8.98. The number of hydrogen-bond acceptors (Lipinski definition) is 8. The summed E-state index contributed by atoms with van der Waals surface area (Å²) in [6, 6.07) is 15.3. The third-order valence-electron chi connectivity index (χ3n) is 6.41.